The maximum atomic E-state index is 14.7. The van der Waals surface area contributed by atoms with E-state index < -0.39 is 0 Å². The SMILES string of the molecule is CCN1CCc2cc(F)c(N(C)c3ccccc3C#N)cc2C1C.Cl. The minimum Gasteiger partial charge on any atom is -0.341 e. The van der Waals surface area contributed by atoms with E-state index in [9.17, 15) is 9.65 Å². The molecule has 0 bridgehead atoms. The first kappa shape index (κ1) is 19.2. The Morgan fingerprint density at radius 3 is 2.68 bits per heavy atom. The zero-order valence-electron chi connectivity index (χ0n) is 14.8. The maximum Gasteiger partial charge on any atom is 0.147 e. The molecule has 0 N–H and O–H groups in total. The molecule has 25 heavy (non-hydrogen) atoms. The smallest absolute Gasteiger partial charge is 0.147 e. The average Bonchev–Trinajstić information content (AvgIpc) is 2.61. The fraction of sp³-hybridized carbons (Fsp3) is 0.350. The molecule has 0 aliphatic carbocycles. The van der Waals surface area contributed by atoms with Crippen LogP contribution in [0.3, 0.4) is 0 Å². The number of benzene rings is 2. The van der Waals surface area contributed by atoms with E-state index in [-0.39, 0.29) is 24.3 Å². The summed E-state index contributed by atoms with van der Waals surface area (Å²) in [5.41, 5.74) is 4.05. The Kier molecular flexibility index (Phi) is 6.05. The second-order valence-corrected chi connectivity index (χ2v) is 6.24. The van der Waals surface area contributed by atoms with Gasteiger partial charge in [0.25, 0.3) is 0 Å². The van der Waals surface area contributed by atoms with Gasteiger partial charge >= 0.3 is 0 Å². The second kappa shape index (κ2) is 7.86. The van der Waals surface area contributed by atoms with Gasteiger partial charge in [-0.15, -0.1) is 12.4 Å². The average molecular weight is 360 g/mol. The van der Waals surface area contributed by atoms with Crippen LogP contribution in [0.25, 0.3) is 0 Å². The highest BCUT2D eigenvalue weighted by atomic mass is 35.5. The first-order valence-corrected chi connectivity index (χ1v) is 8.36. The predicted octanol–water partition coefficient (Wildman–Crippen LogP) is 4.83. The number of fused-ring (bicyclic) bond motifs is 1. The molecule has 0 fully saturated rings. The van der Waals surface area contributed by atoms with Gasteiger partial charge in [-0.3, -0.25) is 4.90 Å². The summed E-state index contributed by atoms with van der Waals surface area (Å²) in [5, 5.41) is 9.31. The first-order chi connectivity index (χ1) is 11.6. The first-order valence-electron chi connectivity index (χ1n) is 8.36. The lowest BCUT2D eigenvalue weighted by Gasteiger charge is -2.35. The summed E-state index contributed by atoms with van der Waals surface area (Å²) >= 11 is 0. The number of nitrogens with zero attached hydrogens (tertiary/aromatic N) is 3. The molecule has 2 aromatic rings. The number of halogens is 2. The topological polar surface area (TPSA) is 30.3 Å². The van der Waals surface area contributed by atoms with Gasteiger partial charge in [-0.1, -0.05) is 19.1 Å². The molecular weight excluding hydrogens is 337 g/mol. The summed E-state index contributed by atoms with van der Waals surface area (Å²) in [6, 6.07) is 13.4. The molecule has 1 atom stereocenters. The van der Waals surface area contributed by atoms with Crippen LogP contribution in [0, 0.1) is 17.1 Å². The van der Waals surface area contributed by atoms with Crippen molar-refractivity contribution >= 4 is 23.8 Å². The Bertz CT molecular complexity index is 800. The van der Waals surface area contributed by atoms with Crippen molar-refractivity contribution in [2.45, 2.75) is 26.3 Å². The fourth-order valence-corrected chi connectivity index (χ4v) is 3.56. The van der Waals surface area contributed by atoms with Crippen LogP contribution >= 0.6 is 12.4 Å². The van der Waals surface area contributed by atoms with Crippen LogP contribution in [0.5, 0.6) is 0 Å². The van der Waals surface area contributed by atoms with E-state index in [0.717, 1.165) is 30.8 Å². The normalized spacial score (nSPS) is 16.5. The largest absolute Gasteiger partial charge is 0.341 e. The monoisotopic (exact) mass is 359 g/mol. The summed E-state index contributed by atoms with van der Waals surface area (Å²) in [5.74, 6) is -0.235. The maximum absolute atomic E-state index is 14.7. The van der Waals surface area contributed by atoms with Crippen molar-refractivity contribution in [2.24, 2.45) is 0 Å². The van der Waals surface area contributed by atoms with E-state index in [2.05, 4.69) is 24.8 Å². The number of hydrogen-bond donors (Lipinski definition) is 0. The summed E-state index contributed by atoms with van der Waals surface area (Å²) in [7, 11) is 1.81. The third-order valence-electron chi connectivity index (χ3n) is 5.03. The number of anilines is 2. The van der Waals surface area contributed by atoms with Crippen molar-refractivity contribution in [3.8, 4) is 6.07 Å². The molecule has 0 spiro atoms. The summed E-state index contributed by atoms with van der Waals surface area (Å²) in [6.07, 6.45) is 0.878. The molecule has 0 amide bonds. The second-order valence-electron chi connectivity index (χ2n) is 6.24. The van der Waals surface area contributed by atoms with Crippen LogP contribution in [0.2, 0.25) is 0 Å². The van der Waals surface area contributed by atoms with Gasteiger partial charge in [0.2, 0.25) is 0 Å². The minimum absolute atomic E-state index is 0. The van der Waals surface area contributed by atoms with Crippen molar-refractivity contribution in [1.82, 2.24) is 4.90 Å². The number of para-hydroxylation sites is 1. The summed E-state index contributed by atoms with van der Waals surface area (Å²) in [4.78, 5) is 4.17. The van der Waals surface area contributed by atoms with Crippen LogP contribution in [-0.4, -0.2) is 25.0 Å². The number of nitriles is 1. The molecule has 1 aliphatic heterocycles. The molecule has 0 aromatic heterocycles. The molecule has 0 saturated carbocycles. The Morgan fingerprint density at radius 2 is 2.00 bits per heavy atom. The van der Waals surface area contributed by atoms with E-state index in [1.54, 1.807) is 17.0 Å². The molecular formula is C20H23ClFN3. The summed E-state index contributed by atoms with van der Waals surface area (Å²) < 4.78 is 14.7. The van der Waals surface area contributed by atoms with Gasteiger partial charge < -0.3 is 4.90 Å². The number of likely N-dealkylation sites (N-methyl/N-ethyl adjacent to an activating group) is 1. The van der Waals surface area contributed by atoms with Gasteiger partial charge in [-0.2, -0.15) is 5.26 Å². The molecule has 132 valence electrons. The van der Waals surface area contributed by atoms with Gasteiger partial charge in [-0.05, 0) is 55.3 Å². The van der Waals surface area contributed by atoms with Crippen molar-refractivity contribution < 1.29 is 4.39 Å². The highest BCUT2D eigenvalue weighted by Gasteiger charge is 2.25. The molecule has 3 rings (SSSR count). The highest BCUT2D eigenvalue weighted by molar-refractivity contribution is 5.85. The van der Waals surface area contributed by atoms with Crippen molar-refractivity contribution in [1.29, 1.82) is 5.26 Å². The molecule has 0 saturated heterocycles. The Morgan fingerprint density at radius 1 is 1.28 bits per heavy atom. The standard InChI is InChI=1S/C20H22FN3.ClH/c1-4-24-10-9-15-11-18(21)20(12-17(15)14(24)2)23(3)19-8-6-5-7-16(19)13-22;/h5-8,11-12,14H,4,9-10H2,1-3H3;1H. The van der Waals surface area contributed by atoms with Crippen LogP contribution in [-0.2, 0) is 6.42 Å². The third kappa shape index (κ3) is 3.49. The molecule has 3 nitrogen and oxygen atoms in total. The fourth-order valence-electron chi connectivity index (χ4n) is 3.56. The van der Waals surface area contributed by atoms with Gasteiger partial charge in [0.05, 0.1) is 16.9 Å². The van der Waals surface area contributed by atoms with Crippen molar-refractivity contribution in [2.75, 3.05) is 25.0 Å². The molecule has 1 aliphatic rings. The molecule has 0 radical (unpaired) electrons. The Balaban J connectivity index is 0.00000225. The highest BCUT2D eigenvalue weighted by Crippen LogP contribution is 2.36. The van der Waals surface area contributed by atoms with Gasteiger partial charge in [0.1, 0.15) is 11.9 Å². The molecule has 5 heteroatoms. The van der Waals surface area contributed by atoms with E-state index in [1.807, 2.05) is 31.3 Å². The van der Waals surface area contributed by atoms with E-state index in [4.69, 9.17) is 0 Å². The number of rotatable bonds is 3. The van der Waals surface area contributed by atoms with Crippen molar-refractivity contribution in [3.63, 3.8) is 0 Å². The molecule has 2 aromatic carbocycles. The van der Waals surface area contributed by atoms with Gasteiger partial charge in [0.15, 0.2) is 0 Å². The zero-order chi connectivity index (χ0) is 17.3. The Labute approximate surface area is 155 Å². The predicted molar refractivity (Wildman–Crippen MR) is 102 cm³/mol. The molecule has 1 heterocycles. The molecule has 1 unspecified atom stereocenters. The van der Waals surface area contributed by atoms with E-state index >= 15 is 0 Å². The van der Waals surface area contributed by atoms with Crippen molar-refractivity contribution in [3.05, 3.63) is 58.9 Å². The zero-order valence-corrected chi connectivity index (χ0v) is 15.6. The van der Waals surface area contributed by atoms with Crippen LogP contribution in [0.15, 0.2) is 36.4 Å². The lowest BCUT2D eigenvalue weighted by atomic mass is 9.92. The Hall–Kier alpha value is -2.09. The van der Waals surface area contributed by atoms with Crippen LogP contribution < -0.4 is 4.90 Å². The van der Waals surface area contributed by atoms with Gasteiger partial charge in [-0.25, -0.2) is 4.39 Å². The quantitative estimate of drug-likeness (QED) is 0.786. The van der Waals surface area contributed by atoms with E-state index in [0.29, 0.717) is 11.3 Å². The lowest BCUT2D eigenvalue weighted by molar-refractivity contribution is 0.209. The summed E-state index contributed by atoms with van der Waals surface area (Å²) in [6.45, 7) is 6.28. The van der Waals surface area contributed by atoms with Crippen LogP contribution in [0.4, 0.5) is 15.8 Å². The van der Waals surface area contributed by atoms with E-state index in [1.165, 1.54) is 5.56 Å². The lowest BCUT2D eigenvalue weighted by Crippen LogP contribution is -2.34. The van der Waals surface area contributed by atoms with Crippen LogP contribution in [0.1, 0.15) is 36.6 Å². The minimum atomic E-state index is -0.235. The van der Waals surface area contributed by atoms with Gasteiger partial charge in [0, 0.05) is 19.6 Å². The number of hydrogen-bond acceptors (Lipinski definition) is 3. The third-order valence-corrected chi connectivity index (χ3v) is 5.03.